The fourth-order valence-electron chi connectivity index (χ4n) is 2.09. The Bertz CT molecular complexity index is 404. The molecule has 0 radical (unpaired) electrons. The van der Waals surface area contributed by atoms with Crippen molar-refractivity contribution in [3.63, 3.8) is 0 Å². The lowest BCUT2D eigenvalue weighted by atomic mass is 9.79. The second-order valence-corrected chi connectivity index (χ2v) is 6.66. The topological polar surface area (TPSA) is 12.0 Å². The van der Waals surface area contributed by atoms with Crippen molar-refractivity contribution in [2.75, 3.05) is 6.54 Å². The minimum Gasteiger partial charge on any atom is -0.313 e. The van der Waals surface area contributed by atoms with Crippen LogP contribution in [0.4, 0.5) is 4.39 Å². The Hall–Kier alpha value is -0.410. The summed E-state index contributed by atoms with van der Waals surface area (Å²) in [5.74, 6) is -0.198. The first kappa shape index (κ1) is 16.6. The van der Waals surface area contributed by atoms with Crippen LogP contribution in [0.2, 0.25) is 0 Å². The average molecular weight is 330 g/mol. The van der Waals surface area contributed by atoms with Gasteiger partial charge in [0.1, 0.15) is 5.82 Å². The van der Waals surface area contributed by atoms with Crippen LogP contribution in [0.5, 0.6) is 0 Å². The molecule has 0 heterocycles. The van der Waals surface area contributed by atoms with E-state index in [9.17, 15) is 4.39 Å². The molecule has 3 heteroatoms. The fraction of sp³-hybridized carbons (Fsp3) is 0.625. The minimum absolute atomic E-state index is 0.198. The van der Waals surface area contributed by atoms with Crippen LogP contribution in [0.25, 0.3) is 0 Å². The Morgan fingerprint density at radius 1 is 1.32 bits per heavy atom. The van der Waals surface area contributed by atoms with Gasteiger partial charge in [-0.2, -0.15) is 0 Å². The molecule has 1 atom stereocenters. The van der Waals surface area contributed by atoms with Crippen LogP contribution in [-0.2, 0) is 6.42 Å². The van der Waals surface area contributed by atoms with Crippen molar-refractivity contribution in [2.24, 2.45) is 5.41 Å². The van der Waals surface area contributed by atoms with Crippen molar-refractivity contribution in [2.45, 2.75) is 53.0 Å². The third-order valence-corrected chi connectivity index (χ3v) is 4.53. The van der Waals surface area contributed by atoms with Crippen molar-refractivity contribution in [3.8, 4) is 0 Å². The van der Waals surface area contributed by atoms with Crippen molar-refractivity contribution < 1.29 is 4.39 Å². The predicted octanol–water partition coefficient (Wildman–Crippen LogP) is 4.94. The van der Waals surface area contributed by atoms with E-state index < -0.39 is 0 Å². The van der Waals surface area contributed by atoms with E-state index in [1.165, 1.54) is 11.6 Å². The van der Waals surface area contributed by atoms with Crippen LogP contribution < -0.4 is 5.32 Å². The lowest BCUT2D eigenvalue weighted by molar-refractivity contribution is 0.230. The van der Waals surface area contributed by atoms with Crippen LogP contribution >= 0.6 is 15.9 Å². The van der Waals surface area contributed by atoms with E-state index in [0.717, 1.165) is 25.8 Å². The quantitative estimate of drug-likeness (QED) is 0.747. The molecule has 0 saturated heterocycles. The van der Waals surface area contributed by atoms with Crippen molar-refractivity contribution in [1.82, 2.24) is 5.32 Å². The molecule has 0 spiro atoms. The molecule has 0 aliphatic carbocycles. The molecule has 0 saturated carbocycles. The summed E-state index contributed by atoms with van der Waals surface area (Å²) in [6.07, 6.45) is 3.18. The molecule has 108 valence electrons. The summed E-state index contributed by atoms with van der Waals surface area (Å²) in [4.78, 5) is 0. The van der Waals surface area contributed by atoms with Gasteiger partial charge in [0, 0.05) is 6.04 Å². The molecule has 1 rings (SSSR count). The van der Waals surface area contributed by atoms with Gasteiger partial charge in [-0.1, -0.05) is 33.8 Å². The van der Waals surface area contributed by atoms with E-state index in [4.69, 9.17) is 0 Å². The molecule has 1 unspecified atom stereocenters. The second-order valence-electron chi connectivity index (χ2n) is 5.80. The zero-order chi connectivity index (χ0) is 14.5. The van der Waals surface area contributed by atoms with Gasteiger partial charge in [-0.25, -0.2) is 4.39 Å². The molecular formula is C16H25BrFN. The Kier molecular flexibility index (Phi) is 6.48. The van der Waals surface area contributed by atoms with Crippen LogP contribution in [0, 0.1) is 11.2 Å². The van der Waals surface area contributed by atoms with Crippen molar-refractivity contribution in [1.29, 1.82) is 0 Å². The van der Waals surface area contributed by atoms with E-state index in [0.29, 0.717) is 10.5 Å². The fourth-order valence-corrected chi connectivity index (χ4v) is 2.52. The highest BCUT2D eigenvalue weighted by atomic mass is 79.9. The highest BCUT2D eigenvalue weighted by molar-refractivity contribution is 9.10. The average Bonchev–Trinajstić information content (AvgIpc) is 2.38. The third-order valence-electron chi connectivity index (χ3n) is 3.92. The zero-order valence-electron chi connectivity index (χ0n) is 12.4. The van der Waals surface area contributed by atoms with Gasteiger partial charge in [0.25, 0.3) is 0 Å². The molecule has 0 fully saturated rings. The molecule has 0 bridgehead atoms. The van der Waals surface area contributed by atoms with Gasteiger partial charge in [0.05, 0.1) is 4.47 Å². The lowest BCUT2D eigenvalue weighted by Crippen LogP contribution is -2.43. The summed E-state index contributed by atoms with van der Waals surface area (Å²) in [6, 6.07) is 5.72. The summed E-state index contributed by atoms with van der Waals surface area (Å²) in [5, 5.41) is 3.63. The molecule has 1 aromatic rings. The van der Waals surface area contributed by atoms with E-state index in [-0.39, 0.29) is 11.2 Å². The summed E-state index contributed by atoms with van der Waals surface area (Å²) in [7, 11) is 0. The summed E-state index contributed by atoms with van der Waals surface area (Å²) in [6.45, 7) is 10.0. The molecule has 0 aliphatic rings. The maximum atomic E-state index is 13.3. The molecule has 19 heavy (non-hydrogen) atoms. The third kappa shape index (κ3) is 4.88. The van der Waals surface area contributed by atoms with Crippen LogP contribution in [0.1, 0.15) is 46.1 Å². The monoisotopic (exact) mass is 329 g/mol. The van der Waals surface area contributed by atoms with Crippen molar-refractivity contribution in [3.05, 3.63) is 34.1 Å². The van der Waals surface area contributed by atoms with Crippen LogP contribution in [0.15, 0.2) is 22.7 Å². The highest BCUT2D eigenvalue weighted by Crippen LogP contribution is 2.28. The number of hydrogen-bond donors (Lipinski definition) is 1. The highest BCUT2D eigenvalue weighted by Gasteiger charge is 2.27. The zero-order valence-corrected chi connectivity index (χ0v) is 14.0. The number of nitrogens with one attached hydrogen (secondary N) is 1. The number of rotatable bonds is 7. The first-order valence-corrected chi connectivity index (χ1v) is 7.87. The predicted molar refractivity (Wildman–Crippen MR) is 84.0 cm³/mol. The molecule has 1 aromatic carbocycles. The second kappa shape index (κ2) is 7.39. The maximum absolute atomic E-state index is 13.3. The van der Waals surface area contributed by atoms with Gasteiger partial charge in [-0.15, -0.1) is 0 Å². The Labute approximate surface area is 125 Å². The molecule has 1 nitrogen and oxygen atoms in total. The normalized spacial score (nSPS) is 13.6. The molecule has 0 aromatic heterocycles. The van der Waals surface area contributed by atoms with E-state index in [1.807, 2.05) is 12.1 Å². The Morgan fingerprint density at radius 3 is 2.53 bits per heavy atom. The van der Waals surface area contributed by atoms with Crippen LogP contribution in [0.3, 0.4) is 0 Å². The van der Waals surface area contributed by atoms with Gasteiger partial charge in [-0.05, 0) is 64.8 Å². The van der Waals surface area contributed by atoms with Gasteiger partial charge < -0.3 is 5.32 Å². The molecular weight excluding hydrogens is 305 g/mol. The summed E-state index contributed by atoms with van der Waals surface area (Å²) >= 11 is 3.26. The largest absolute Gasteiger partial charge is 0.313 e. The maximum Gasteiger partial charge on any atom is 0.137 e. The van der Waals surface area contributed by atoms with E-state index >= 15 is 0 Å². The first-order chi connectivity index (χ1) is 8.90. The standard InChI is InChI=1S/C16H25BrFN/c1-5-9-19-15(16(3,4)6-2)11-12-7-8-14(18)13(17)10-12/h7-8,10,15,19H,5-6,9,11H2,1-4H3. The van der Waals surface area contributed by atoms with Gasteiger partial charge in [0.2, 0.25) is 0 Å². The number of benzene rings is 1. The van der Waals surface area contributed by atoms with E-state index in [1.54, 1.807) is 0 Å². The van der Waals surface area contributed by atoms with E-state index in [2.05, 4.69) is 48.9 Å². The molecule has 1 N–H and O–H groups in total. The lowest BCUT2D eigenvalue weighted by Gasteiger charge is -2.34. The Morgan fingerprint density at radius 2 is 2.00 bits per heavy atom. The minimum atomic E-state index is -0.198. The smallest absolute Gasteiger partial charge is 0.137 e. The van der Waals surface area contributed by atoms with Gasteiger partial charge in [0.15, 0.2) is 0 Å². The number of halogens is 2. The SMILES string of the molecule is CCCNC(Cc1ccc(F)c(Br)c1)C(C)(C)CC. The van der Waals surface area contributed by atoms with Crippen LogP contribution in [-0.4, -0.2) is 12.6 Å². The van der Waals surface area contributed by atoms with Gasteiger partial charge in [-0.3, -0.25) is 0 Å². The Balaban J connectivity index is 2.84. The molecule has 0 aliphatic heterocycles. The summed E-state index contributed by atoms with van der Waals surface area (Å²) < 4.78 is 13.8. The summed E-state index contributed by atoms with van der Waals surface area (Å²) in [5.41, 5.74) is 1.40. The van der Waals surface area contributed by atoms with Crippen molar-refractivity contribution >= 4 is 15.9 Å². The number of hydrogen-bond acceptors (Lipinski definition) is 1. The molecule has 0 amide bonds. The van der Waals surface area contributed by atoms with Gasteiger partial charge >= 0.3 is 0 Å². The first-order valence-electron chi connectivity index (χ1n) is 7.08.